The lowest BCUT2D eigenvalue weighted by Gasteiger charge is -2.23. The zero-order chi connectivity index (χ0) is 17.3. The monoisotopic (exact) mass is 335 g/mol. The van der Waals surface area contributed by atoms with Gasteiger partial charge in [-0.15, -0.1) is 0 Å². The number of fused-ring (bicyclic) bond motifs is 1. The maximum absolute atomic E-state index is 9.19. The van der Waals surface area contributed by atoms with Crippen LogP contribution in [0.25, 0.3) is 0 Å². The molecule has 3 rings (SSSR count). The van der Waals surface area contributed by atoms with Crippen molar-refractivity contribution in [2.24, 2.45) is 4.99 Å². The molecule has 0 atom stereocenters. The number of nitriles is 1. The smallest absolute Gasteiger partial charge is 0.101 e. The number of hydrogen-bond donors (Lipinski definition) is 0. The van der Waals surface area contributed by atoms with Gasteiger partial charge in [0.1, 0.15) is 6.07 Å². The van der Waals surface area contributed by atoms with Crippen molar-refractivity contribution >= 4 is 29.2 Å². The summed E-state index contributed by atoms with van der Waals surface area (Å²) in [6.45, 7) is 4.41. The van der Waals surface area contributed by atoms with Crippen LogP contribution in [0, 0.1) is 11.3 Å². The minimum atomic E-state index is -0.0879. The summed E-state index contributed by atoms with van der Waals surface area (Å²) in [5.74, 6) is 0. The van der Waals surface area contributed by atoms with E-state index in [1.54, 1.807) is 24.4 Å². The predicted octanol–water partition coefficient (Wildman–Crippen LogP) is 5.23. The van der Waals surface area contributed by atoms with Crippen molar-refractivity contribution in [3.05, 3.63) is 70.4 Å². The lowest BCUT2D eigenvalue weighted by molar-refractivity contribution is 0.641. The number of hydrogen-bond acceptors (Lipinski definition) is 3. The van der Waals surface area contributed by atoms with Crippen molar-refractivity contribution in [1.29, 1.82) is 5.26 Å². The molecule has 0 fully saturated rings. The van der Waals surface area contributed by atoms with Gasteiger partial charge in [0.05, 0.1) is 11.3 Å². The Morgan fingerprint density at radius 2 is 1.96 bits per heavy atom. The molecule has 24 heavy (non-hydrogen) atoms. The molecule has 0 amide bonds. The summed E-state index contributed by atoms with van der Waals surface area (Å²) in [6.07, 6.45) is 3.76. The average Bonchev–Trinajstić information content (AvgIpc) is 2.77. The minimum Gasteiger partial charge on any atom is -0.347 e. The van der Waals surface area contributed by atoms with E-state index < -0.39 is 0 Å². The molecule has 2 aromatic rings. The zero-order valence-electron chi connectivity index (χ0n) is 13.9. The van der Waals surface area contributed by atoms with Crippen LogP contribution in [0.2, 0.25) is 5.02 Å². The van der Waals surface area contributed by atoms with E-state index in [4.69, 9.17) is 11.6 Å². The fraction of sp³-hybridized carbons (Fsp3) is 0.200. The van der Waals surface area contributed by atoms with E-state index in [9.17, 15) is 5.26 Å². The summed E-state index contributed by atoms with van der Waals surface area (Å²) in [4.78, 5) is 6.62. The third kappa shape index (κ3) is 2.70. The number of para-hydroxylation sites is 1. The molecule has 120 valence electrons. The molecular weight excluding hydrogens is 318 g/mol. The molecule has 0 spiro atoms. The quantitative estimate of drug-likeness (QED) is 0.705. The highest BCUT2D eigenvalue weighted by Gasteiger charge is 2.37. The second-order valence-electron chi connectivity index (χ2n) is 6.30. The van der Waals surface area contributed by atoms with Gasteiger partial charge >= 0.3 is 0 Å². The summed E-state index contributed by atoms with van der Waals surface area (Å²) in [7, 11) is 2.07. The molecule has 0 N–H and O–H groups in total. The fourth-order valence-corrected chi connectivity index (χ4v) is 3.37. The molecule has 0 radical (unpaired) electrons. The van der Waals surface area contributed by atoms with Gasteiger partial charge in [-0.25, -0.2) is 0 Å². The number of rotatable bonds is 2. The van der Waals surface area contributed by atoms with Crippen molar-refractivity contribution in [3.8, 4) is 6.07 Å². The van der Waals surface area contributed by atoms with Crippen molar-refractivity contribution in [2.45, 2.75) is 19.3 Å². The molecule has 4 heteroatoms. The van der Waals surface area contributed by atoms with Gasteiger partial charge in [-0.2, -0.15) is 5.26 Å². The van der Waals surface area contributed by atoms with Crippen LogP contribution in [0.1, 0.15) is 25.0 Å². The molecule has 1 aliphatic heterocycles. The van der Waals surface area contributed by atoms with Gasteiger partial charge in [-0.05, 0) is 35.9 Å². The highest BCUT2D eigenvalue weighted by molar-refractivity contribution is 6.30. The van der Waals surface area contributed by atoms with Crippen molar-refractivity contribution in [3.63, 3.8) is 0 Å². The summed E-state index contributed by atoms with van der Waals surface area (Å²) in [6, 6.07) is 15.7. The van der Waals surface area contributed by atoms with Gasteiger partial charge in [-0.3, -0.25) is 4.99 Å². The normalized spacial score (nSPS) is 17.3. The maximum atomic E-state index is 9.19. The number of likely N-dealkylation sites (N-methyl/N-ethyl adjacent to an activating group) is 1. The van der Waals surface area contributed by atoms with E-state index in [-0.39, 0.29) is 5.41 Å². The summed E-state index contributed by atoms with van der Waals surface area (Å²) in [5.41, 5.74) is 4.69. The first kappa shape index (κ1) is 16.3. The Morgan fingerprint density at radius 1 is 1.21 bits per heavy atom. The number of benzene rings is 2. The summed E-state index contributed by atoms with van der Waals surface area (Å²) in [5, 5.41) is 9.73. The fourth-order valence-electron chi connectivity index (χ4n) is 3.20. The van der Waals surface area contributed by atoms with Gasteiger partial charge < -0.3 is 4.90 Å². The topological polar surface area (TPSA) is 39.4 Å². The number of anilines is 1. The van der Waals surface area contributed by atoms with Crippen LogP contribution in [0.5, 0.6) is 0 Å². The first-order valence-corrected chi connectivity index (χ1v) is 8.10. The van der Waals surface area contributed by atoms with Crippen LogP contribution in [-0.2, 0) is 5.41 Å². The Morgan fingerprint density at radius 3 is 2.67 bits per heavy atom. The standard InChI is InChI=1S/C20H18ClN3/c1-20(2)16-6-4-5-7-18(16)24(3)19(20)10-11-23-17-9-8-15(21)12-14(17)13-22/h4-12H,1-3H3. The average molecular weight is 336 g/mol. The number of aliphatic imine (C=N–C) groups is 1. The van der Waals surface area contributed by atoms with Crippen molar-refractivity contribution in [1.82, 2.24) is 0 Å². The lowest BCUT2D eigenvalue weighted by Crippen LogP contribution is -2.23. The third-order valence-electron chi connectivity index (χ3n) is 4.47. The van der Waals surface area contributed by atoms with Gasteiger partial charge in [-0.1, -0.05) is 43.6 Å². The van der Waals surface area contributed by atoms with E-state index >= 15 is 0 Å². The molecule has 1 heterocycles. The van der Waals surface area contributed by atoms with Crippen LogP contribution in [0.4, 0.5) is 11.4 Å². The molecular formula is C20H18ClN3. The number of halogens is 1. The van der Waals surface area contributed by atoms with E-state index in [0.29, 0.717) is 16.3 Å². The Kier molecular flexibility index (Phi) is 4.17. The second-order valence-corrected chi connectivity index (χ2v) is 6.74. The molecule has 2 aromatic carbocycles. The number of nitrogens with zero attached hydrogens (tertiary/aromatic N) is 3. The minimum absolute atomic E-state index is 0.0879. The highest BCUT2D eigenvalue weighted by atomic mass is 35.5. The van der Waals surface area contributed by atoms with E-state index in [2.05, 4.69) is 61.1 Å². The second kappa shape index (κ2) is 6.14. The molecule has 0 saturated heterocycles. The van der Waals surface area contributed by atoms with Gasteiger partial charge in [0.25, 0.3) is 0 Å². The van der Waals surface area contributed by atoms with Crippen LogP contribution in [0.3, 0.4) is 0 Å². The van der Waals surface area contributed by atoms with Crippen LogP contribution in [-0.4, -0.2) is 13.3 Å². The summed E-state index contributed by atoms with van der Waals surface area (Å²) >= 11 is 5.92. The van der Waals surface area contributed by atoms with Gasteiger partial charge in [0, 0.05) is 35.1 Å². The molecule has 0 unspecified atom stereocenters. The van der Waals surface area contributed by atoms with Crippen molar-refractivity contribution < 1.29 is 0 Å². The largest absolute Gasteiger partial charge is 0.347 e. The summed E-state index contributed by atoms with van der Waals surface area (Å²) < 4.78 is 0. The Hall–Kier alpha value is -2.57. The molecule has 0 saturated carbocycles. The van der Waals surface area contributed by atoms with Crippen LogP contribution < -0.4 is 4.90 Å². The van der Waals surface area contributed by atoms with Crippen molar-refractivity contribution in [2.75, 3.05) is 11.9 Å². The molecule has 3 nitrogen and oxygen atoms in total. The Labute approximate surface area is 147 Å². The van der Waals surface area contributed by atoms with E-state index in [0.717, 1.165) is 0 Å². The van der Waals surface area contributed by atoms with Crippen LogP contribution >= 0.6 is 11.6 Å². The first-order chi connectivity index (χ1) is 11.4. The predicted molar refractivity (Wildman–Crippen MR) is 100 cm³/mol. The third-order valence-corrected chi connectivity index (χ3v) is 4.70. The van der Waals surface area contributed by atoms with E-state index in [1.165, 1.54) is 16.9 Å². The first-order valence-electron chi connectivity index (χ1n) is 7.73. The Balaban J connectivity index is 1.95. The SMILES string of the molecule is CN1C(=CC=Nc2ccc(Cl)cc2C#N)C(C)(C)c2ccccc21. The van der Waals surface area contributed by atoms with Crippen LogP contribution in [0.15, 0.2) is 59.2 Å². The molecule has 1 aliphatic rings. The van der Waals surface area contributed by atoms with Gasteiger partial charge in [0.15, 0.2) is 0 Å². The molecule has 0 aliphatic carbocycles. The highest BCUT2D eigenvalue weighted by Crippen LogP contribution is 2.46. The maximum Gasteiger partial charge on any atom is 0.101 e. The van der Waals surface area contributed by atoms with E-state index in [1.807, 2.05) is 6.08 Å². The molecule has 0 bridgehead atoms. The Bertz CT molecular complexity index is 888. The molecule has 0 aromatic heterocycles. The lowest BCUT2D eigenvalue weighted by atomic mass is 9.84. The number of allylic oxidation sites excluding steroid dienone is 2. The van der Waals surface area contributed by atoms with Gasteiger partial charge in [0.2, 0.25) is 0 Å². The zero-order valence-corrected chi connectivity index (χ0v) is 14.7.